The maximum Gasteiger partial charge on any atom is 0.225 e. The first kappa shape index (κ1) is 18.2. The molecule has 2 aromatic carbocycles. The second kappa shape index (κ2) is 7.44. The van der Waals surface area contributed by atoms with Crippen LogP contribution in [0.1, 0.15) is 23.0 Å². The Morgan fingerprint density at radius 3 is 2.64 bits per heavy atom. The summed E-state index contributed by atoms with van der Waals surface area (Å²) in [4.78, 5) is 20.7. The predicted octanol–water partition coefficient (Wildman–Crippen LogP) is 4.84. The third-order valence-electron chi connectivity index (χ3n) is 4.42. The third kappa shape index (κ3) is 3.36. The van der Waals surface area contributed by atoms with Crippen LogP contribution in [0.25, 0.3) is 16.6 Å². The van der Waals surface area contributed by atoms with Crippen molar-refractivity contribution in [2.24, 2.45) is 0 Å². The summed E-state index contributed by atoms with van der Waals surface area (Å²) in [6, 6.07) is 15.7. The van der Waals surface area contributed by atoms with Crippen LogP contribution in [-0.4, -0.2) is 31.8 Å². The number of ketones is 1. The fourth-order valence-corrected chi connectivity index (χ4v) is 3.39. The van der Waals surface area contributed by atoms with Crippen LogP contribution in [0, 0.1) is 6.92 Å². The first-order chi connectivity index (χ1) is 13.6. The Hall–Kier alpha value is -3.19. The quantitative estimate of drug-likeness (QED) is 0.276. The van der Waals surface area contributed by atoms with Crippen molar-refractivity contribution in [3.05, 3.63) is 66.0 Å². The minimum Gasteiger partial charge on any atom is -0.438 e. The maximum absolute atomic E-state index is 11.8. The summed E-state index contributed by atoms with van der Waals surface area (Å²) in [7, 11) is 0. The molecule has 2 aromatic heterocycles. The van der Waals surface area contributed by atoms with Gasteiger partial charge in [-0.25, -0.2) is 9.67 Å². The van der Waals surface area contributed by atoms with Gasteiger partial charge in [0.25, 0.3) is 0 Å². The number of rotatable bonds is 5. The van der Waals surface area contributed by atoms with Crippen molar-refractivity contribution >= 4 is 28.3 Å². The van der Waals surface area contributed by atoms with Gasteiger partial charge in [0.15, 0.2) is 16.8 Å². The molecule has 0 aliphatic carbocycles. The lowest BCUT2D eigenvalue weighted by Crippen LogP contribution is -2.06. The summed E-state index contributed by atoms with van der Waals surface area (Å²) < 4.78 is 7.75. The molecule has 0 fully saturated rings. The van der Waals surface area contributed by atoms with Gasteiger partial charge in [-0.15, -0.1) is 0 Å². The van der Waals surface area contributed by atoms with Crippen LogP contribution in [0.15, 0.2) is 59.9 Å². The van der Waals surface area contributed by atoms with E-state index in [0.29, 0.717) is 22.4 Å². The summed E-state index contributed by atoms with van der Waals surface area (Å²) in [6.07, 6.45) is 3.46. The fourth-order valence-electron chi connectivity index (χ4n) is 3.03. The number of benzene rings is 2. The standard InChI is InChI=1S/C21H18N4O2S/c1-13-17(14(2)26)12-22-25(13)19-11-20(24-21(23-19)28-3)27-18-10-6-8-15-7-4-5-9-16(15)18/h4-12H,1-3H3. The van der Waals surface area contributed by atoms with Crippen molar-refractivity contribution in [3.63, 3.8) is 0 Å². The largest absolute Gasteiger partial charge is 0.438 e. The zero-order chi connectivity index (χ0) is 19.7. The van der Waals surface area contributed by atoms with E-state index >= 15 is 0 Å². The monoisotopic (exact) mass is 390 g/mol. The fraction of sp³-hybridized carbons (Fsp3) is 0.143. The van der Waals surface area contributed by atoms with E-state index in [9.17, 15) is 4.79 Å². The van der Waals surface area contributed by atoms with E-state index in [2.05, 4.69) is 15.1 Å². The molecule has 0 saturated carbocycles. The molecule has 0 saturated heterocycles. The molecule has 0 amide bonds. The first-order valence-corrected chi connectivity index (χ1v) is 9.94. The van der Waals surface area contributed by atoms with E-state index < -0.39 is 0 Å². The molecule has 6 nitrogen and oxygen atoms in total. The highest BCUT2D eigenvalue weighted by Crippen LogP contribution is 2.30. The van der Waals surface area contributed by atoms with Gasteiger partial charge in [-0.3, -0.25) is 4.79 Å². The lowest BCUT2D eigenvalue weighted by molar-refractivity contribution is 0.101. The summed E-state index contributed by atoms with van der Waals surface area (Å²) in [6.45, 7) is 3.37. The van der Waals surface area contributed by atoms with Crippen molar-refractivity contribution in [1.29, 1.82) is 0 Å². The number of nitrogens with zero attached hydrogens (tertiary/aromatic N) is 4. The zero-order valence-corrected chi connectivity index (χ0v) is 16.5. The molecule has 4 aromatic rings. The Balaban J connectivity index is 1.78. The number of fused-ring (bicyclic) bond motifs is 1. The number of carbonyl (C=O) groups excluding carboxylic acids is 1. The molecule has 0 atom stereocenters. The van der Waals surface area contributed by atoms with Gasteiger partial charge >= 0.3 is 0 Å². The molecular weight excluding hydrogens is 372 g/mol. The van der Waals surface area contributed by atoms with Crippen LogP contribution in [0.4, 0.5) is 0 Å². The SMILES string of the molecule is CSc1nc(Oc2cccc3ccccc23)cc(-n2ncc(C(C)=O)c2C)n1. The summed E-state index contributed by atoms with van der Waals surface area (Å²) in [5, 5.41) is 6.98. The zero-order valence-electron chi connectivity index (χ0n) is 15.7. The molecule has 0 N–H and O–H groups in total. The third-order valence-corrected chi connectivity index (χ3v) is 4.97. The van der Waals surface area contributed by atoms with Crippen LogP contribution in [-0.2, 0) is 0 Å². The molecule has 2 heterocycles. The molecule has 0 radical (unpaired) electrons. The van der Waals surface area contributed by atoms with Crippen LogP contribution in [0.3, 0.4) is 0 Å². The summed E-state index contributed by atoms with van der Waals surface area (Å²) in [5.74, 6) is 1.66. The van der Waals surface area contributed by atoms with E-state index in [-0.39, 0.29) is 5.78 Å². The van der Waals surface area contributed by atoms with Gasteiger partial charge < -0.3 is 4.74 Å². The highest BCUT2D eigenvalue weighted by molar-refractivity contribution is 7.98. The van der Waals surface area contributed by atoms with Gasteiger partial charge in [-0.05, 0) is 31.6 Å². The van der Waals surface area contributed by atoms with Crippen molar-refractivity contribution in [3.8, 4) is 17.4 Å². The Kier molecular flexibility index (Phi) is 4.83. The molecule has 140 valence electrons. The second-order valence-electron chi connectivity index (χ2n) is 6.24. The van der Waals surface area contributed by atoms with Crippen molar-refractivity contribution in [1.82, 2.24) is 19.7 Å². The molecule has 0 aliphatic heterocycles. The number of ether oxygens (including phenoxy) is 1. The van der Waals surface area contributed by atoms with Crippen molar-refractivity contribution in [2.45, 2.75) is 19.0 Å². The normalized spacial score (nSPS) is 11.0. The Morgan fingerprint density at radius 1 is 1.11 bits per heavy atom. The molecule has 7 heteroatoms. The minimum absolute atomic E-state index is 0.0323. The molecule has 0 spiro atoms. The van der Waals surface area contributed by atoms with E-state index in [1.165, 1.54) is 18.7 Å². The van der Waals surface area contributed by atoms with E-state index in [1.54, 1.807) is 16.9 Å². The van der Waals surface area contributed by atoms with Gasteiger partial charge in [0, 0.05) is 11.5 Å². The summed E-state index contributed by atoms with van der Waals surface area (Å²) in [5.41, 5.74) is 1.30. The Bertz CT molecular complexity index is 1180. The smallest absolute Gasteiger partial charge is 0.225 e. The number of hydrogen-bond donors (Lipinski definition) is 0. The second-order valence-corrected chi connectivity index (χ2v) is 7.02. The molecule has 4 rings (SSSR count). The topological polar surface area (TPSA) is 69.9 Å². The number of thioether (sulfide) groups is 1. The minimum atomic E-state index is -0.0323. The lowest BCUT2D eigenvalue weighted by Gasteiger charge is -2.11. The molecular formula is C21H18N4O2S. The van der Waals surface area contributed by atoms with Crippen molar-refractivity contribution < 1.29 is 9.53 Å². The maximum atomic E-state index is 11.8. The van der Waals surface area contributed by atoms with Crippen LogP contribution >= 0.6 is 11.8 Å². The Labute approximate surface area is 166 Å². The van der Waals surface area contributed by atoms with E-state index in [0.717, 1.165) is 22.2 Å². The van der Waals surface area contributed by atoms with Gasteiger partial charge in [0.05, 0.1) is 17.5 Å². The van der Waals surface area contributed by atoms with Gasteiger partial charge in [-0.1, -0.05) is 48.2 Å². The van der Waals surface area contributed by atoms with Gasteiger partial charge in [0.1, 0.15) is 5.75 Å². The number of aromatic nitrogens is 4. The molecule has 28 heavy (non-hydrogen) atoms. The first-order valence-electron chi connectivity index (χ1n) is 8.71. The average Bonchev–Trinajstić information content (AvgIpc) is 3.09. The lowest BCUT2D eigenvalue weighted by atomic mass is 10.1. The van der Waals surface area contributed by atoms with Gasteiger partial charge in [0.2, 0.25) is 5.88 Å². The van der Waals surface area contributed by atoms with Crippen LogP contribution in [0.5, 0.6) is 11.6 Å². The van der Waals surface area contributed by atoms with Gasteiger partial charge in [-0.2, -0.15) is 10.1 Å². The highest BCUT2D eigenvalue weighted by atomic mass is 32.2. The molecule has 0 unspecified atom stereocenters. The van der Waals surface area contributed by atoms with E-state index in [4.69, 9.17) is 4.74 Å². The number of Topliss-reactive ketones (excluding diaryl/α,β-unsaturated/α-hetero) is 1. The van der Waals surface area contributed by atoms with Crippen LogP contribution < -0.4 is 4.74 Å². The average molecular weight is 390 g/mol. The highest BCUT2D eigenvalue weighted by Gasteiger charge is 2.15. The summed E-state index contributed by atoms with van der Waals surface area (Å²) >= 11 is 1.41. The van der Waals surface area contributed by atoms with Crippen molar-refractivity contribution in [2.75, 3.05) is 6.26 Å². The molecule has 0 bridgehead atoms. The number of carbonyl (C=O) groups is 1. The number of hydrogen-bond acceptors (Lipinski definition) is 6. The predicted molar refractivity (Wildman–Crippen MR) is 110 cm³/mol. The molecule has 0 aliphatic rings. The Morgan fingerprint density at radius 2 is 1.89 bits per heavy atom. The van der Waals surface area contributed by atoms with E-state index in [1.807, 2.05) is 55.6 Å². The van der Waals surface area contributed by atoms with Crippen LogP contribution in [0.2, 0.25) is 0 Å².